The van der Waals surface area contributed by atoms with E-state index in [1.807, 2.05) is 51.1 Å². The molecule has 1 fully saturated rings. The van der Waals surface area contributed by atoms with Gasteiger partial charge in [-0.3, -0.25) is 9.59 Å². The van der Waals surface area contributed by atoms with Gasteiger partial charge in [-0.25, -0.2) is 0 Å². The molecule has 0 bridgehead atoms. The third-order valence-corrected chi connectivity index (χ3v) is 4.92. The zero-order valence-electron chi connectivity index (χ0n) is 17.1. The highest BCUT2D eigenvalue weighted by molar-refractivity contribution is 6.46. The molecule has 1 aliphatic rings. The molecule has 2 aromatic carbocycles. The molecule has 29 heavy (non-hydrogen) atoms. The third kappa shape index (κ3) is 4.19. The molecule has 1 unspecified atom stereocenters. The average Bonchev–Trinajstić information content (AvgIpc) is 2.97. The summed E-state index contributed by atoms with van der Waals surface area (Å²) >= 11 is 0. The lowest BCUT2D eigenvalue weighted by Gasteiger charge is -2.27. The average molecular weight is 393 g/mol. The molecule has 1 amide bonds. The van der Waals surface area contributed by atoms with Crippen LogP contribution in [0.4, 0.5) is 0 Å². The van der Waals surface area contributed by atoms with Crippen LogP contribution in [-0.4, -0.2) is 34.3 Å². The van der Waals surface area contributed by atoms with E-state index < -0.39 is 17.7 Å². The minimum atomic E-state index is -0.684. The first-order chi connectivity index (χ1) is 14.0. The maximum Gasteiger partial charge on any atom is 0.295 e. The molecule has 3 rings (SSSR count). The maximum absolute atomic E-state index is 13.0. The lowest BCUT2D eigenvalue weighted by molar-refractivity contribution is -0.139. The summed E-state index contributed by atoms with van der Waals surface area (Å²) in [6.07, 6.45) is 1.59. The Morgan fingerprint density at radius 2 is 1.72 bits per heavy atom. The van der Waals surface area contributed by atoms with Gasteiger partial charge in [-0.1, -0.05) is 61.9 Å². The van der Waals surface area contributed by atoms with Gasteiger partial charge in [0, 0.05) is 17.7 Å². The highest BCUT2D eigenvalue weighted by Gasteiger charge is 2.46. The number of hydrogen-bond acceptors (Lipinski definition) is 4. The summed E-state index contributed by atoms with van der Waals surface area (Å²) < 4.78 is 5.96. The van der Waals surface area contributed by atoms with Gasteiger partial charge in [0.1, 0.15) is 11.5 Å². The minimum absolute atomic E-state index is 0.0665. The number of likely N-dealkylation sites (tertiary alicyclic amines) is 1. The Labute approximate surface area is 171 Å². The van der Waals surface area contributed by atoms with E-state index in [1.165, 1.54) is 0 Å². The van der Waals surface area contributed by atoms with Crippen LogP contribution in [0.15, 0.2) is 60.2 Å². The SMILES string of the molecule is CCCCN1C(=O)C(=O)/C(=C(\O)c2ccccc2)C1c1ccccc1OC(C)C. The largest absolute Gasteiger partial charge is 0.507 e. The first-order valence-corrected chi connectivity index (χ1v) is 10.0. The van der Waals surface area contributed by atoms with Crippen molar-refractivity contribution in [2.75, 3.05) is 6.54 Å². The molecule has 0 aliphatic carbocycles. The van der Waals surface area contributed by atoms with Crippen molar-refractivity contribution in [3.63, 3.8) is 0 Å². The van der Waals surface area contributed by atoms with Crippen molar-refractivity contribution in [3.8, 4) is 5.75 Å². The predicted octanol–water partition coefficient (Wildman–Crippen LogP) is 4.70. The number of rotatable bonds is 7. The van der Waals surface area contributed by atoms with Crippen molar-refractivity contribution in [2.45, 2.75) is 45.8 Å². The molecule has 1 atom stereocenters. The highest BCUT2D eigenvalue weighted by atomic mass is 16.5. The molecule has 0 aromatic heterocycles. The number of Topliss-reactive ketones (excluding diaryl/α,β-unsaturated/α-hetero) is 1. The lowest BCUT2D eigenvalue weighted by atomic mass is 9.94. The van der Waals surface area contributed by atoms with Gasteiger partial charge in [0.15, 0.2) is 0 Å². The van der Waals surface area contributed by atoms with E-state index in [0.717, 1.165) is 12.8 Å². The molecule has 152 valence electrons. The summed E-state index contributed by atoms with van der Waals surface area (Å²) in [4.78, 5) is 27.4. The summed E-state index contributed by atoms with van der Waals surface area (Å²) in [6.45, 7) is 6.32. The number of unbranched alkanes of at least 4 members (excludes halogenated alkanes) is 1. The monoisotopic (exact) mass is 393 g/mol. The minimum Gasteiger partial charge on any atom is -0.507 e. The van der Waals surface area contributed by atoms with Crippen molar-refractivity contribution in [3.05, 3.63) is 71.3 Å². The number of aliphatic hydroxyl groups is 1. The molecule has 0 radical (unpaired) electrons. The van der Waals surface area contributed by atoms with E-state index in [2.05, 4.69) is 0 Å². The fourth-order valence-electron chi connectivity index (χ4n) is 3.58. The maximum atomic E-state index is 13.0. The summed E-state index contributed by atoms with van der Waals surface area (Å²) in [5.74, 6) is -0.797. The molecular weight excluding hydrogens is 366 g/mol. The second-order valence-electron chi connectivity index (χ2n) is 7.42. The second-order valence-corrected chi connectivity index (χ2v) is 7.42. The number of aliphatic hydroxyl groups excluding tert-OH is 1. The highest BCUT2D eigenvalue weighted by Crippen LogP contribution is 2.42. The van der Waals surface area contributed by atoms with Crippen LogP contribution in [0.25, 0.3) is 5.76 Å². The fraction of sp³-hybridized carbons (Fsp3) is 0.333. The van der Waals surface area contributed by atoms with Crippen molar-refractivity contribution >= 4 is 17.4 Å². The van der Waals surface area contributed by atoms with E-state index in [9.17, 15) is 14.7 Å². The normalized spacial score (nSPS) is 18.5. The van der Waals surface area contributed by atoms with Crippen LogP contribution in [0.3, 0.4) is 0 Å². The second kappa shape index (κ2) is 8.95. The number of ketones is 1. The number of para-hydroxylation sites is 1. The fourth-order valence-corrected chi connectivity index (χ4v) is 3.58. The van der Waals surface area contributed by atoms with E-state index in [0.29, 0.717) is 23.4 Å². The van der Waals surface area contributed by atoms with Crippen LogP contribution < -0.4 is 4.74 Å². The third-order valence-electron chi connectivity index (χ3n) is 4.92. The zero-order valence-corrected chi connectivity index (χ0v) is 17.1. The predicted molar refractivity (Wildman–Crippen MR) is 113 cm³/mol. The number of hydrogen-bond donors (Lipinski definition) is 1. The van der Waals surface area contributed by atoms with Crippen molar-refractivity contribution in [1.82, 2.24) is 4.90 Å². The molecule has 1 saturated heterocycles. The number of carbonyl (C=O) groups is 2. The molecule has 0 spiro atoms. The van der Waals surface area contributed by atoms with Gasteiger partial charge >= 0.3 is 0 Å². The van der Waals surface area contributed by atoms with E-state index in [1.54, 1.807) is 29.2 Å². The Balaban J connectivity index is 2.19. The van der Waals surface area contributed by atoms with Gasteiger partial charge in [-0.2, -0.15) is 0 Å². The standard InChI is InChI=1S/C24H27NO4/c1-4-5-15-25-21(18-13-9-10-14-19(18)29-16(2)3)20(23(27)24(25)28)22(26)17-11-7-6-8-12-17/h6-14,16,21,26H,4-5,15H2,1-3H3/b22-20-. The number of nitrogens with zero attached hydrogens (tertiary/aromatic N) is 1. The summed E-state index contributed by atoms with van der Waals surface area (Å²) in [5, 5.41) is 11.0. The summed E-state index contributed by atoms with van der Waals surface area (Å²) in [6, 6.07) is 15.6. The molecule has 5 nitrogen and oxygen atoms in total. The quantitative estimate of drug-likeness (QED) is 0.421. The van der Waals surface area contributed by atoms with Crippen LogP contribution in [0, 0.1) is 0 Å². The number of ether oxygens (including phenoxy) is 1. The Morgan fingerprint density at radius 1 is 1.07 bits per heavy atom. The first kappa shape index (κ1) is 20.6. The van der Waals surface area contributed by atoms with Crippen LogP contribution in [-0.2, 0) is 9.59 Å². The van der Waals surface area contributed by atoms with Crippen LogP contribution >= 0.6 is 0 Å². The number of benzene rings is 2. The molecule has 1 N–H and O–H groups in total. The Morgan fingerprint density at radius 3 is 2.38 bits per heavy atom. The van der Waals surface area contributed by atoms with Crippen molar-refractivity contribution in [1.29, 1.82) is 0 Å². The molecule has 2 aromatic rings. The molecular formula is C24H27NO4. The Kier molecular flexibility index (Phi) is 6.37. The van der Waals surface area contributed by atoms with Gasteiger partial charge in [0.05, 0.1) is 17.7 Å². The summed E-state index contributed by atoms with van der Waals surface area (Å²) in [7, 11) is 0. The molecule has 5 heteroatoms. The topological polar surface area (TPSA) is 66.8 Å². The Bertz CT molecular complexity index is 917. The smallest absolute Gasteiger partial charge is 0.295 e. The number of amides is 1. The van der Waals surface area contributed by atoms with Crippen molar-refractivity contribution < 1.29 is 19.4 Å². The van der Waals surface area contributed by atoms with Crippen molar-refractivity contribution in [2.24, 2.45) is 0 Å². The van der Waals surface area contributed by atoms with E-state index in [4.69, 9.17) is 4.74 Å². The van der Waals surface area contributed by atoms with E-state index in [-0.39, 0.29) is 17.4 Å². The van der Waals surface area contributed by atoms with Crippen LogP contribution in [0.5, 0.6) is 5.75 Å². The molecule has 1 heterocycles. The van der Waals surface area contributed by atoms with Gasteiger partial charge in [0.25, 0.3) is 11.7 Å². The van der Waals surface area contributed by atoms with Crippen LogP contribution in [0.1, 0.15) is 50.8 Å². The zero-order chi connectivity index (χ0) is 21.0. The number of carbonyl (C=O) groups excluding carboxylic acids is 2. The molecule has 1 aliphatic heterocycles. The van der Waals surface area contributed by atoms with Crippen LogP contribution in [0.2, 0.25) is 0 Å². The van der Waals surface area contributed by atoms with Gasteiger partial charge in [-0.05, 0) is 26.3 Å². The van der Waals surface area contributed by atoms with Gasteiger partial charge in [-0.15, -0.1) is 0 Å². The first-order valence-electron chi connectivity index (χ1n) is 10.0. The Hall–Kier alpha value is -3.08. The lowest BCUT2D eigenvalue weighted by Crippen LogP contribution is -2.31. The van der Waals surface area contributed by atoms with Gasteiger partial charge in [0.2, 0.25) is 0 Å². The van der Waals surface area contributed by atoms with E-state index >= 15 is 0 Å². The molecule has 0 saturated carbocycles. The van der Waals surface area contributed by atoms with Gasteiger partial charge < -0.3 is 14.7 Å². The summed E-state index contributed by atoms with van der Waals surface area (Å²) in [5.41, 5.74) is 1.32.